The van der Waals surface area contributed by atoms with Crippen molar-refractivity contribution in [2.45, 2.75) is 6.92 Å². The minimum absolute atomic E-state index is 0.0661. The Bertz CT molecular complexity index is 823. The molecule has 2 aromatic carbocycles. The monoisotopic (exact) mass is 399 g/mol. The quantitative estimate of drug-likeness (QED) is 0.773. The lowest BCUT2D eigenvalue weighted by Gasteiger charge is -2.36. The molecule has 0 unspecified atom stereocenters. The smallest absolute Gasteiger partial charge is 0.238 e. The van der Waals surface area contributed by atoms with Gasteiger partial charge in [0.2, 0.25) is 11.7 Å². The Kier molecular flexibility index (Phi) is 6.82. The van der Waals surface area contributed by atoms with Crippen LogP contribution in [0.15, 0.2) is 36.4 Å². The van der Waals surface area contributed by atoms with Gasteiger partial charge in [0.25, 0.3) is 0 Å². The largest absolute Gasteiger partial charge is 0.493 e. The maximum absolute atomic E-state index is 12.6. The molecule has 3 rings (SSSR count). The molecule has 7 heteroatoms. The molecule has 1 amide bonds. The number of nitrogens with one attached hydrogen (secondary N) is 1. The summed E-state index contributed by atoms with van der Waals surface area (Å²) in [6.07, 6.45) is 0. The fourth-order valence-electron chi connectivity index (χ4n) is 3.62. The first-order chi connectivity index (χ1) is 14.0. The van der Waals surface area contributed by atoms with Gasteiger partial charge in [-0.25, -0.2) is 0 Å². The Morgan fingerprint density at radius 1 is 0.966 bits per heavy atom. The van der Waals surface area contributed by atoms with Crippen molar-refractivity contribution in [2.75, 3.05) is 64.3 Å². The van der Waals surface area contributed by atoms with Crippen molar-refractivity contribution in [2.24, 2.45) is 0 Å². The summed E-state index contributed by atoms with van der Waals surface area (Å²) in [6.45, 7) is 5.98. The van der Waals surface area contributed by atoms with Gasteiger partial charge in [-0.1, -0.05) is 18.2 Å². The molecule has 1 N–H and O–H groups in total. The van der Waals surface area contributed by atoms with Crippen LogP contribution in [-0.4, -0.2) is 64.9 Å². The molecule has 2 aromatic rings. The van der Waals surface area contributed by atoms with E-state index in [0.29, 0.717) is 29.5 Å². The number of aryl methyl sites for hydroxylation is 1. The average Bonchev–Trinajstić information content (AvgIpc) is 2.74. The molecule has 0 saturated carbocycles. The van der Waals surface area contributed by atoms with Crippen LogP contribution in [0.1, 0.15) is 5.56 Å². The van der Waals surface area contributed by atoms with E-state index in [4.69, 9.17) is 14.2 Å². The van der Waals surface area contributed by atoms with Gasteiger partial charge >= 0.3 is 0 Å². The zero-order valence-corrected chi connectivity index (χ0v) is 17.5. The minimum Gasteiger partial charge on any atom is -0.493 e. The van der Waals surface area contributed by atoms with Crippen LogP contribution < -0.4 is 24.4 Å². The predicted molar refractivity (Wildman–Crippen MR) is 115 cm³/mol. The van der Waals surface area contributed by atoms with Crippen molar-refractivity contribution < 1.29 is 19.0 Å². The second-order valence-corrected chi connectivity index (χ2v) is 7.01. The van der Waals surface area contributed by atoms with Crippen molar-refractivity contribution in [1.29, 1.82) is 0 Å². The number of methoxy groups -OCH3 is 3. The number of ether oxygens (including phenoxy) is 3. The molecular weight excluding hydrogens is 370 g/mol. The van der Waals surface area contributed by atoms with E-state index < -0.39 is 0 Å². The van der Waals surface area contributed by atoms with E-state index in [2.05, 4.69) is 46.3 Å². The summed E-state index contributed by atoms with van der Waals surface area (Å²) in [7, 11) is 4.66. The second-order valence-electron chi connectivity index (χ2n) is 7.01. The Balaban J connectivity index is 1.57. The van der Waals surface area contributed by atoms with Gasteiger partial charge in [-0.05, 0) is 18.6 Å². The van der Waals surface area contributed by atoms with Gasteiger partial charge in [-0.2, -0.15) is 0 Å². The van der Waals surface area contributed by atoms with Crippen molar-refractivity contribution >= 4 is 17.3 Å². The van der Waals surface area contributed by atoms with Gasteiger partial charge in [0.15, 0.2) is 11.5 Å². The Morgan fingerprint density at radius 3 is 2.14 bits per heavy atom. The summed E-state index contributed by atoms with van der Waals surface area (Å²) < 4.78 is 16.0. The summed E-state index contributed by atoms with van der Waals surface area (Å²) in [4.78, 5) is 17.1. The number of nitrogens with zero attached hydrogens (tertiary/aromatic N) is 2. The number of hydrogen-bond acceptors (Lipinski definition) is 6. The molecule has 0 radical (unpaired) electrons. The average molecular weight is 399 g/mol. The molecule has 0 atom stereocenters. The lowest BCUT2D eigenvalue weighted by molar-refractivity contribution is -0.117. The number of anilines is 2. The van der Waals surface area contributed by atoms with Crippen LogP contribution in [0.2, 0.25) is 0 Å². The summed E-state index contributed by atoms with van der Waals surface area (Å²) in [5.41, 5.74) is 3.16. The Morgan fingerprint density at radius 2 is 1.59 bits per heavy atom. The Hall–Kier alpha value is -2.93. The van der Waals surface area contributed by atoms with Gasteiger partial charge in [0, 0.05) is 49.7 Å². The number of para-hydroxylation sites is 1. The highest BCUT2D eigenvalue weighted by Crippen LogP contribution is 2.39. The van der Waals surface area contributed by atoms with Crippen LogP contribution in [0.4, 0.5) is 11.4 Å². The minimum atomic E-state index is -0.0661. The molecule has 156 valence electrons. The van der Waals surface area contributed by atoms with E-state index in [0.717, 1.165) is 26.2 Å². The molecule has 1 fully saturated rings. The molecule has 0 aliphatic carbocycles. The van der Waals surface area contributed by atoms with Crippen LogP contribution >= 0.6 is 0 Å². The summed E-state index contributed by atoms with van der Waals surface area (Å²) in [6, 6.07) is 11.9. The lowest BCUT2D eigenvalue weighted by atomic mass is 10.1. The van der Waals surface area contributed by atoms with Crippen LogP contribution in [-0.2, 0) is 4.79 Å². The Labute approximate surface area is 172 Å². The number of rotatable bonds is 7. The van der Waals surface area contributed by atoms with Crippen LogP contribution in [0.3, 0.4) is 0 Å². The molecule has 7 nitrogen and oxygen atoms in total. The van der Waals surface area contributed by atoms with E-state index >= 15 is 0 Å². The lowest BCUT2D eigenvalue weighted by Crippen LogP contribution is -2.48. The van der Waals surface area contributed by atoms with Gasteiger partial charge in [0.05, 0.1) is 27.9 Å². The number of carbonyl (C=O) groups is 1. The maximum atomic E-state index is 12.6. The first-order valence-electron chi connectivity index (χ1n) is 9.68. The van der Waals surface area contributed by atoms with Gasteiger partial charge < -0.3 is 24.4 Å². The summed E-state index contributed by atoms with van der Waals surface area (Å²) >= 11 is 0. The molecule has 0 aromatic heterocycles. The molecule has 29 heavy (non-hydrogen) atoms. The van der Waals surface area contributed by atoms with Gasteiger partial charge in [0.1, 0.15) is 0 Å². The van der Waals surface area contributed by atoms with Crippen molar-refractivity contribution in [3.8, 4) is 17.2 Å². The summed E-state index contributed by atoms with van der Waals surface area (Å²) in [5.74, 6) is 1.45. The first kappa shape index (κ1) is 20.8. The third-order valence-corrected chi connectivity index (χ3v) is 5.14. The number of carbonyl (C=O) groups excluding carboxylic acids is 1. The van der Waals surface area contributed by atoms with E-state index in [1.807, 2.05) is 0 Å². The molecule has 0 bridgehead atoms. The standard InChI is InChI=1S/C22H29N3O4/c1-16-7-5-6-8-18(16)25-11-9-24(10-12-25)15-21(26)23-17-13-19(27-2)22(29-4)20(14-17)28-3/h5-8,13-14H,9-12,15H2,1-4H3,(H,23,26). The third-order valence-electron chi connectivity index (χ3n) is 5.14. The third kappa shape index (κ3) is 4.92. The van der Waals surface area contributed by atoms with Gasteiger partial charge in [-0.15, -0.1) is 0 Å². The van der Waals surface area contributed by atoms with Crippen LogP contribution in [0.5, 0.6) is 17.2 Å². The zero-order valence-electron chi connectivity index (χ0n) is 17.5. The van der Waals surface area contributed by atoms with Crippen LogP contribution in [0.25, 0.3) is 0 Å². The first-order valence-corrected chi connectivity index (χ1v) is 9.68. The van der Waals surface area contributed by atoms with E-state index in [9.17, 15) is 4.79 Å². The number of amides is 1. The molecule has 1 aliphatic heterocycles. The highest BCUT2D eigenvalue weighted by Gasteiger charge is 2.21. The normalized spacial score (nSPS) is 14.4. The van der Waals surface area contributed by atoms with Gasteiger partial charge in [-0.3, -0.25) is 9.69 Å². The zero-order chi connectivity index (χ0) is 20.8. The van der Waals surface area contributed by atoms with Crippen LogP contribution in [0, 0.1) is 6.92 Å². The highest BCUT2D eigenvalue weighted by molar-refractivity contribution is 5.93. The SMILES string of the molecule is COc1cc(NC(=O)CN2CCN(c3ccccc3C)CC2)cc(OC)c1OC. The summed E-state index contributed by atoms with van der Waals surface area (Å²) in [5, 5.41) is 2.93. The number of hydrogen-bond donors (Lipinski definition) is 1. The molecule has 1 heterocycles. The van der Waals surface area contributed by atoms with Crippen molar-refractivity contribution in [3.05, 3.63) is 42.0 Å². The second kappa shape index (κ2) is 9.52. The van der Waals surface area contributed by atoms with E-state index in [1.54, 1.807) is 33.5 Å². The predicted octanol–water partition coefficient (Wildman–Crippen LogP) is 2.78. The maximum Gasteiger partial charge on any atom is 0.238 e. The molecular formula is C22H29N3O4. The molecule has 1 saturated heterocycles. The van der Waals surface area contributed by atoms with E-state index in [1.165, 1.54) is 11.3 Å². The molecule has 0 spiro atoms. The fraction of sp³-hybridized carbons (Fsp3) is 0.409. The number of piperazine rings is 1. The van der Waals surface area contributed by atoms with Crippen molar-refractivity contribution in [1.82, 2.24) is 4.90 Å². The van der Waals surface area contributed by atoms with Crippen molar-refractivity contribution in [3.63, 3.8) is 0 Å². The molecule has 1 aliphatic rings. The number of benzene rings is 2. The van der Waals surface area contributed by atoms with E-state index in [-0.39, 0.29) is 5.91 Å². The fourth-order valence-corrected chi connectivity index (χ4v) is 3.62. The topological polar surface area (TPSA) is 63.3 Å². The highest BCUT2D eigenvalue weighted by atomic mass is 16.5.